The van der Waals surface area contributed by atoms with Crippen molar-refractivity contribution in [1.82, 2.24) is 0 Å². The van der Waals surface area contributed by atoms with Gasteiger partial charge < -0.3 is 0 Å². The standard InChI is InChI=1S/C9H8BrNO2/c1-2-7-3-4-9(11(12)13)8(5-7)6-10/h2-5H,1,6H2. The Kier molecular flexibility index (Phi) is 3.19. The first kappa shape index (κ1) is 9.92. The van der Waals surface area contributed by atoms with Gasteiger partial charge in [-0.15, -0.1) is 0 Å². The predicted molar refractivity (Wildman–Crippen MR) is 55.8 cm³/mol. The zero-order chi connectivity index (χ0) is 9.84. The Balaban J connectivity index is 3.23. The van der Waals surface area contributed by atoms with Crippen molar-refractivity contribution >= 4 is 27.7 Å². The van der Waals surface area contributed by atoms with Gasteiger partial charge in [0.2, 0.25) is 0 Å². The van der Waals surface area contributed by atoms with Gasteiger partial charge in [0.1, 0.15) is 0 Å². The Hall–Kier alpha value is -1.16. The molecule has 13 heavy (non-hydrogen) atoms. The van der Waals surface area contributed by atoms with Crippen molar-refractivity contribution < 1.29 is 4.92 Å². The molecule has 0 aliphatic rings. The Morgan fingerprint density at radius 1 is 1.62 bits per heavy atom. The summed E-state index contributed by atoms with van der Waals surface area (Å²) in [4.78, 5) is 10.2. The van der Waals surface area contributed by atoms with E-state index < -0.39 is 0 Å². The first-order chi connectivity index (χ1) is 6.19. The topological polar surface area (TPSA) is 43.1 Å². The van der Waals surface area contributed by atoms with E-state index in [0.29, 0.717) is 10.9 Å². The fourth-order valence-corrected chi connectivity index (χ4v) is 1.47. The smallest absolute Gasteiger partial charge is 0.258 e. The summed E-state index contributed by atoms with van der Waals surface area (Å²) >= 11 is 3.20. The number of benzene rings is 1. The molecule has 0 amide bonds. The van der Waals surface area contributed by atoms with Crippen LogP contribution in [0.15, 0.2) is 24.8 Å². The first-order valence-corrected chi connectivity index (χ1v) is 4.77. The molecule has 1 aromatic carbocycles. The lowest BCUT2D eigenvalue weighted by Gasteiger charge is -1.99. The van der Waals surface area contributed by atoms with Gasteiger partial charge in [-0.25, -0.2) is 0 Å². The van der Waals surface area contributed by atoms with E-state index in [-0.39, 0.29) is 10.6 Å². The van der Waals surface area contributed by atoms with Gasteiger partial charge in [0.15, 0.2) is 0 Å². The number of hydrogen-bond acceptors (Lipinski definition) is 2. The molecular weight excluding hydrogens is 234 g/mol. The predicted octanol–water partition coefficient (Wildman–Crippen LogP) is 3.13. The van der Waals surface area contributed by atoms with E-state index in [0.717, 1.165) is 5.56 Å². The molecule has 0 aromatic heterocycles. The summed E-state index contributed by atoms with van der Waals surface area (Å²) in [6, 6.07) is 4.92. The van der Waals surface area contributed by atoms with Crippen molar-refractivity contribution in [3.05, 3.63) is 46.0 Å². The molecule has 4 heteroatoms. The van der Waals surface area contributed by atoms with Crippen molar-refractivity contribution in [2.24, 2.45) is 0 Å². The number of nitro groups is 1. The number of alkyl halides is 1. The minimum Gasteiger partial charge on any atom is -0.258 e. The van der Waals surface area contributed by atoms with E-state index in [2.05, 4.69) is 22.5 Å². The third-order valence-corrected chi connectivity index (χ3v) is 2.28. The van der Waals surface area contributed by atoms with Crippen molar-refractivity contribution in [3.8, 4) is 0 Å². The van der Waals surface area contributed by atoms with Crippen LogP contribution >= 0.6 is 15.9 Å². The quantitative estimate of drug-likeness (QED) is 0.464. The molecule has 0 unspecified atom stereocenters. The number of halogens is 1. The lowest BCUT2D eigenvalue weighted by atomic mass is 10.1. The molecule has 0 spiro atoms. The van der Waals surface area contributed by atoms with Crippen LogP contribution in [0.25, 0.3) is 6.08 Å². The van der Waals surface area contributed by atoms with Crippen molar-refractivity contribution in [2.45, 2.75) is 5.33 Å². The number of nitro benzene ring substituents is 1. The van der Waals surface area contributed by atoms with Crippen LogP contribution in [0.3, 0.4) is 0 Å². The molecule has 3 nitrogen and oxygen atoms in total. The molecule has 0 bridgehead atoms. The molecule has 0 saturated carbocycles. The summed E-state index contributed by atoms with van der Waals surface area (Å²) in [6.45, 7) is 3.60. The summed E-state index contributed by atoms with van der Waals surface area (Å²) in [5.41, 5.74) is 1.70. The second kappa shape index (κ2) is 4.18. The van der Waals surface area contributed by atoms with Crippen LogP contribution in [-0.2, 0) is 5.33 Å². The fourth-order valence-electron chi connectivity index (χ4n) is 1.02. The van der Waals surface area contributed by atoms with Gasteiger partial charge in [-0.3, -0.25) is 10.1 Å². The molecule has 0 heterocycles. The van der Waals surface area contributed by atoms with E-state index in [1.54, 1.807) is 18.2 Å². The second-order valence-corrected chi connectivity index (χ2v) is 3.04. The number of hydrogen-bond donors (Lipinski definition) is 0. The molecule has 0 atom stereocenters. The molecule has 0 fully saturated rings. The van der Waals surface area contributed by atoms with Crippen LogP contribution in [0.1, 0.15) is 11.1 Å². The van der Waals surface area contributed by atoms with E-state index in [1.165, 1.54) is 6.07 Å². The van der Waals surface area contributed by atoms with Crippen LogP contribution in [0.2, 0.25) is 0 Å². The van der Waals surface area contributed by atoms with Crippen molar-refractivity contribution in [1.29, 1.82) is 0 Å². The molecule has 0 saturated heterocycles. The summed E-state index contributed by atoms with van der Waals surface area (Å²) in [5.74, 6) is 0. The van der Waals surface area contributed by atoms with Gasteiger partial charge >= 0.3 is 0 Å². The molecule has 0 aliphatic carbocycles. The average molecular weight is 242 g/mol. The highest BCUT2D eigenvalue weighted by atomic mass is 79.9. The van der Waals surface area contributed by atoms with Gasteiger partial charge in [0.25, 0.3) is 5.69 Å². The van der Waals surface area contributed by atoms with Gasteiger partial charge in [-0.2, -0.15) is 0 Å². The Labute approximate surface area is 84.4 Å². The maximum Gasteiger partial charge on any atom is 0.273 e. The largest absolute Gasteiger partial charge is 0.273 e. The highest BCUT2D eigenvalue weighted by Crippen LogP contribution is 2.22. The molecule has 0 radical (unpaired) electrons. The van der Waals surface area contributed by atoms with E-state index >= 15 is 0 Å². The summed E-state index contributed by atoms with van der Waals surface area (Å²) in [6.07, 6.45) is 1.66. The fraction of sp³-hybridized carbons (Fsp3) is 0.111. The van der Waals surface area contributed by atoms with Gasteiger partial charge in [-0.05, 0) is 17.7 Å². The van der Waals surface area contributed by atoms with Crippen LogP contribution in [0.4, 0.5) is 5.69 Å². The zero-order valence-corrected chi connectivity index (χ0v) is 8.45. The minimum absolute atomic E-state index is 0.141. The van der Waals surface area contributed by atoms with Gasteiger partial charge in [-0.1, -0.05) is 28.6 Å². The van der Waals surface area contributed by atoms with Gasteiger partial charge in [0, 0.05) is 17.0 Å². The highest BCUT2D eigenvalue weighted by molar-refractivity contribution is 9.08. The molecular formula is C9H8BrNO2. The summed E-state index contributed by atoms with van der Waals surface area (Å²) in [5, 5.41) is 11.0. The first-order valence-electron chi connectivity index (χ1n) is 3.64. The van der Waals surface area contributed by atoms with E-state index in [4.69, 9.17) is 0 Å². The Morgan fingerprint density at radius 3 is 2.77 bits per heavy atom. The lowest BCUT2D eigenvalue weighted by Crippen LogP contribution is -1.93. The van der Waals surface area contributed by atoms with Gasteiger partial charge in [0.05, 0.1) is 4.92 Å². The van der Waals surface area contributed by atoms with Crippen LogP contribution in [0, 0.1) is 10.1 Å². The highest BCUT2D eigenvalue weighted by Gasteiger charge is 2.11. The normalized spacial score (nSPS) is 9.62. The SMILES string of the molecule is C=Cc1ccc([N+](=O)[O-])c(CBr)c1. The monoisotopic (exact) mass is 241 g/mol. The average Bonchev–Trinajstić information content (AvgIpc) is 2.16. The number of rotatable bonds is 3. The van der Waals surface area contributed by atoms with Crippen molar-refractivity contribution in [3.63, 3.8) is 0 Å². The zero-order valence-electron chi connectivity index (χ0n) is 6.87. The van der Waals surface area contributed by atoms with E-state index in [1.807, 2.05) is 0 Å². The molecule has 68 valence electrons. The van der Waals surface area contributed by atoms with E-state index in [9.17, 15) is 10.1 Å². The molecule has 0 N–H and O–H groups in total. The second-order valence-electron chi connectivity index (χ2n) is 2.48. The van der Waals surface area contributed by atoms with Crippen LogP contribution in [0.5, 0.6) is 0 Å². The summed E-state index contributed by atoms with van der Waals surface area (Å²) in [7, 11) is 0. The van der Waals surface area contributed by atoms with Crippen molar-refractivity contribution in [2.75, 3.05) is 0 Å². The Bertz CT molecular complexity index is 349. The number of nitrogens with zero attached hydrogens (tertiary/aromatic N) is 1. The Morgan fingerprint density at radius 2 is 2.31 bits per heavy atom. The molecule has 1 aromatic rings. The third kappa shape index (κ3) is 2.15. The lowest BCUT2D eigenvalue weighted by molar-refractivity contribution is -0.385. The minimum atomic E-state index is -0.385. The maximum atomic E-state index is 10.5. The van der Waals surface area contributed by atoms with Crippen LogP contribution < -0.4 is 0 Å². The maximum absolute atomic E-state index is 10.5. The third-order valence-electron chi connectivity index (χ3n) is 1.68. The summed E-state index contributed by atoms with van der Waals surface area (Å²) < 4.78 is 0. The molecule has 0 aliphatic heterocycles. The van der Waals surface area contributed by atoms with Crippen LogP contribution in [-0.4, -0.2) is 4.92 Å². The molecule has 1 rings (SSSR count).